The van der Waals surface area contributed by atoms with Crippen LogP contribution in [0.1, 0.15) is 30.5 Å². The average molecular weight is 532 g/mol. The molecule has 0 bridgehead atoms. The molecule has 0 saturated heterocycles. The largest absolute Gasteiger partial charge is 0.358 e. The molecular weight excluding hydrogens is 500 g/mol. The van der Waals surface area contributed by atoms with E-state index in [1.54, 1.807) is 0 Å². The predicted octanol–water partition coefficient (Wildman–Crippen LogP) is 8.43. The summed E-state index contributed by atoms with van der Waals surface area (Å²) in [6.45, 7) is 4.29. The molecule has 0 saturated carbocycles. The normalized spacial score (nSPS) is 13.9. The van der Waals surface area contributed by atoms with Gasteiger partial charge < -0.3 is 7.43 Å². The molecule has 1 atom stereocenters. The van der Waals surface area contributed by atoms with Gasteiger partial charge in [-0.15, -0.1) is 11.1 Å². The van der Waals surface area contributed by atoms with Gasteiger partial charge in [-0.25, -0.2) is 5.57 Å². The third kappa shape index (κ3) is 8.08. The van der Waals surface area contributed by atoms with Gasteiger partial charge in [-0.05, 0) is 6.42 Å². The molecule has 1 unspecified atom stereocenters. The second kappa shape index (κ2) is 15.2. The third-order valence-electron chi connectivity index (χ3n) is 5.57. The maximum atomic E-state index is 3.39. The van der Waals surface area contributed by atoms with E-state index in [1.807, 2.05) is 42.5 Å². The topological polar surface area (TPSA) is 0 Å². The monoisotopic (exact) mass is 530 g/mol. The third-order valence-corrected chi connectivity index (χ3v) is 5.57. The maximum Gasteiger partial charge on any atom is -0.0253 e. The van der Waals surface area contributed by atoms with Crippen molar-refractivity contribution in [1.29, 1.82) is 0 Å². The minimum atomic E-state index is 0. The Hall–Kier alpha value is -2.89. The Balaban J connectivity index is 0.000000187. The van der Waals surface area contributed by atoms with Gasteiger partial charge in [0.2, 0.25) is 0 Å². The molecular formula is C34H32Zr-4. The molecule has 2 aliphatic carbocycles. The van der Waals surface area contributed by atoms with Crippen molar-refractivity contribution in [3.8, 4) is 11.1 Å². The van der Waals surface area contributed by atoms with Crippen molar-refractivity contribution in [3.63, 3.8) is 0 Å². The molecule has 4 aromatic rings. The van der Waals surface area contributed by atoms with Crippen LogP contribution in [0.4, 0.5) is 0 Å². The van der Waals surface area contributed by atoms with Gasteiger partial charge in [0.15, 0.2) is 0 Å². The Morgan fingerprint density at radius 3 is 2.00 bits per heavy atom. The van der Waals surface area contributed by atoms with Crippen LogP contribution in [0.2, 0.25) is 0 Å². The molecule has 0 aromatic heterocycles. The van der Waals surface area contributed by atoms with Crippen LogP contribution >= 0.6 is 0 Å². The minimum absolute atomic E-state index is 0. The quantitative estimate of drug-likeness (QED) is 0.190. The molecule has 1 heteroatoms. The summed E-state index contributed by atoms with van der Waals surface area (Å²) in [4.78, 5) is 0. The van der Waals surface area contributed by atoms with Gasteiger partial charge in [0.25, 0.3) is 0 Å². The number of hydrogen-bond donors (Lipinski definition) is 0. The van der Waals surface area contributed by atoms with Crippen LogP contribution in [-0.2, 0) is 30.7 Å². The maximum absolute atomic E-state index is 3.39. The van der Waals surface area contributed by atoms with Crippen molar-refractivity contribution in [2.24, 2.45) is 5.92 Å². The smallest absolute Gasteiger partial charge is 0.0253 e. The van der Waals surface area contributed by atoms with Crippen LogP contribution in [0.25, 0.3) is 16.7 Å². The van der Waals surface area contributed by atoms with Gasteiger partial charge in [0, 0.05) is 0 Å². The molecule has 0 fully saturated rings. The van der Waals surface area contributed by atoms with Crippen LogP contribution in [0.3, 0.4) is 0 Å². The van der Waals surface area contributed by atoms with Crippen molar-refractivity contribution in [2.45, 2.75) is 20.3 Å². The summed E-state index contributed by atoms with van der Waals surface area (Å²) >= 11 is 1.30. The first-order chi connectivity index (χ1) is 16.7. The molecule has 0 spiro atoms. The zero-order chi connectivity index (χ0) is 24.2. The van der Waals surface area contributed by atoms with Crippen molar-refractivity contribution < 1.29 is 24.2 Å². The summed E-state index contributed by atoms with van der Waals surface area (Å²) in [5.41, 5.74) is 9.43. The van der Waals surface area contributed by atoms with Crippen molar-refractivity contribution >= 4 is 9.78 Å². The van der Waals surface area contributed by atoms with E-state index in [0.717, 1.165) is 6.42 Å². The summed E-state index contributed by atoms with van der Waals surface area (Å²) in [5, 5.41) is 0. The van der Waals surface area contributed by atoms with Crippen LogP contribution < -0.4 is 0 Å². The zero-order valence-corrected chi connectivity index (χ0v) is 23.3. The Labute approximate surface area is 227 Å². The number of fused-ring (bicyclic) bond motifs is 3. The van der Waals surface area contributed by atoms with Crippen molar-refractivity contribution in [2.75, 3.05) is 0 Å². The molecule has 0 N–H and O–H groups in total. The molecule has 176 valence electrons. The van der Waals surface area contributed by atoms with Crippen LogP contribution in [0, 0.1) is 31.6 Å². The Bertz CT molecular complexity index is 1150. The molecule has 2 aliphatic rings. The molecule has 0 radical (unpaired) electrons. The first-order valence-electron chi connectivity index (χ1n) is 11.4. The molecule has 35 heavy (non-hydrogen) atoms. The fourth-order valence-electron chi connectivity index (χ4n) is 4.11. The van der Waals surface area contributed by atoms with E-state index in [1.165, 1.54) is 63.2 Å². The van der Waals surface area contributed by atoms with E-state index in [4.69, 9.17) is 0 Å². The van der Waals surface area contributed by atoms with Crippen LogP contribution in [-0.4, -0.2) is 4.21 Å². The SMILES string of the molecule is CC1=[C-]C(C)C=C1c1ccccc1.[CH2]=[Zr].[CH3-].[c-]1cccc2c1Cc1ccccc1-2.[c-]1ccccc1. The zero-order valence-electron chi connectivity index (χ0n) is 20.9. The molecule has 0 nitrogen and oxygen atoms in total. The molecule has 0 aliphatic heterocycles. The van der Waals surface area contributed by atoms with E-state index in [2.05, 4.69) is 103 Å². The first kappa shape index (κ1) is 28.4. The molecule has 0 amide bonds. The average Bonchev–Trinajstić information content (AvgIpc) is 3.46. The molecule has 0 heterocycles. The second-order valence-electron chi connectivity index (χ2n) is 7.98. The van der Waals surface area contributed by atoms with Crippen LogP contribution in [0.5, 0.6) is 0 Å². The standard InChI is InChI=1S/C13H9.C13H13.C6H5.CH3.CH2.Zr/c1-3-7-12-10(5-1)9-11-6-2-4-8-13(11)12;1-10-8-11(2)13(9-10)12-6-4-3-5-7-12;1-2-4-6-5-3-1;;;/h1-5,7-8H,9H2;3-7,9-10H,1-2H3;1-5H;1H3;1H2;/q4*-1;;. The van der Waals surface area contributed by atoms with E-state index < -0.39 is 0 Å². The van der Waals surface area contributed by atoms with Crippen molar-refractivity contribution in [3.05, 3.63) is 157 Å². The van der Waals surface area contributed by atoms with E-state index in [9.17, 15) is 0 Å². The van der Waals surface area contributed by atoms with Crippen LogP contribution in [0.15, 0.2) is 115 Å². The predicted molar refractivity (Wildman–Crippen MR) is 148 cm³/mol. The Morgan fingerprint density at radius 1 is 0.771 bits per heavy atom. The first-order valence-corrected chi connectivity index (χ1v) is 13.2. The van der Waals surface area contributed by atoms with Gasteiger partial charge in [-0.3, -0.25) is 6.08 Å². The summed E-state index contributed by atoms with van der Waals surface area (Å²) < 4.78 is 3.34. The van der Waals surface area contributed by atoms with Crippen molar-refractivity contribution in [1.82, 2.24) is 0 Å². The van der Waals surface area contributed by atoms with Gasteiger partial charge in [0.1, 0.15) is 0 Å². The number of allylic oxidation sites excluding steroid dienone is 4. The van der Waals surface area contributed by atoms with E-state index in [-0.39, 0.29) is 7.43 Å². The summed E-state index contributed by atoms with van der Waals surface area (Å²) in [7, 11) is 0. The summed E-state index contributed by atoms with van der Waals surface area (Å²) in [6, 6.07) is 41.1. The minimum Gasteiger partial charge on any atom is -0.358 e. The molecule has 4 aromatic carbocycles. The Morgan fingerprint density at radius 2 is 1.40 bits per heavy atom. The number of hydrogen-bond acceptors (Lipinski definition) is 0. The van der Waals surface area contributed by atoms with Gasteiger partial charge in [-0.2, -0.15) is 77.9 Å². The number of rotatable bonds is 1. The van der Waals surface area contributed by atoms with E-state index in [0.29, 0.717) is 5.92 Å². The summed E-state index contributed by atoms with van der Waals surface area (Å²) in [5.74, 6) is 0.468. The van der Waals surface area contributed by atoms with Gasteiger partial charge >= 0.3 is 28.4 Å². The molecule has 6 rings (SSSR count). The summed E-state index contributed by atoms with van der Waals surface area (Å²) in [6.07, 6.45) is 6.71. The second-order valence-corrected chi connectivity index (χ2v) is 7.98. The fourth-order valence-corrected chi connectivity index (χ4v) is 4.11. The van der Waals surface area contributed by atoms with Gasteiger partial charge in [-0.1, -0.05) is 85.5 Å². The van der Waals surface area contributed by atoms with E-state index >= 15 is 0 Å². The fraction of sp³-hybridized carbons (Fsp3) is 0.118. The number of benzene rings is 4. The van der Waals surface area contributed by atoms with Gasteiger partial charge in [0.05, 0.1) is 0 Å². The Kier molecular flexibility index (Phi) is 12.3.